The van der Waals surface area contributed by atoms with Crippen LogP contribution in [0.5, 0.6) is 0 Å². The molecule has 0 aliphatic rings. The average molecular weight is 318 g/mol. The van der Waals surface area contributed by atoms with Crippen LogP contribution in [0.4, 0.5) is 0 Å². The molecule has 0 atom stereocenters. The minimum absolute atomic E-state index is 0.0373. The first-order valence-electron chi connectivity index (χ1n) is 6.30. The van der Waals surface area contributed by atoms with Gasteiger partial charge in [-0.2, -0.15) is 0 Å². The summed E-state index contributed by atoms with van der Waals surface area (Å²) in [6.07, 6.45) is 0. The fraction of sp³-hybridized carbons (Fsp3) is 0.571. The first-order chi connectivity index (χ1) is 8.71. The molecule has 0 aromatic heterocycles. The SMILES string of the molecule is CC(C)(C)S(=O)(=O)c1cccc(S(=O)(=O)C(C)(C)C)c1. The van der Waals surface area contributed by atoms with Crippen molar-refractivity contribution in [3.8, 4) is 0 Å². The van der Waals surface area contributed by atoms with Gasteiger partial charge in [0.15, 0.2) is 19.7 Å². The van der Waals surface area contributed by atoms with Crippen molar-refractivity contribution in [1.29, 1.82) is 0 Å². The molecule has 1 rings (SSSR count). The molecule has 20 heavy (non-hydrogen) atoms. The molecule has 0 radical (unpaired) electrons. The van der Waals surface area contributed by atoms with Crippen molar-refractivity contribution in [3.63, 3.8) is 0 Å². The van der Waals surface area contributed by atoms with E-state index in [4.69, 9.17) is 0 Å². The highest BCUT2D eigenvalue weighted by molar-refractivity contribution is 7.93. The van der Waals surface area contributed by atoms with Crippen LogP contribution in [-0.4, -0.2) is 26.3 Å². The van der Waals surface area contributed by atoms with Gasteiger partial charge in [0.25, 0.3) is 0 Å². The summed E-state index contributed by atoms with van der Waals surface area (Å²) in [5.74, 6) is 0. The number of hydrogen-bond donors (Lipinski definition) is 0. The zero-order valence-electron chi connectivity index (χ0n) is 12.8. The summed E-state index contributed by atoms with van der Waals surface area (Å²) < 4.78 is 47.6. The molecule has 1 aromatic carbocycles. The lowest BCUT2D eigenvalue weighted by atomic mass is 10.3. The number of benzene rings is 1. The zero-order valence-corrected chi connectivity index (χ0v) is 14.4. The average Bonchev–Trinajstić information content (AvgIpc) is 2.26. The minimum Gasteiger partial charge on any atom is -0.223 e. The molecule has 6 heteroatoms. The smallest absolute Gasteiger partial charge is 0.183 e. The van der Waals surface area contributed by atoms with Crippen LogP contribution in [0.2, 0.25) is 0 Å². The quantitative estimate of drug-likeness (QED) is 0.841. The van der Waals surface area contributed by atoms with Gasteiger partial charge in [0, 0.05) is 0 Å². The summed E-state index contributed by atoms with van der Waals surface area (Å²) in [4.78, 5) is 0.0747. The molecule has 114 valence electrons. The lowest BCUT2D eigenvalue weighted by Crippen LogP contribution is -2.30. The van der Waals surface area contributed by atoms with Crippen LogP contribution in [0.25, 0.3) is 0 Å². The van der Waals surface area contributed by atoms with Crippen molar-refractivity contribution in [2.45, 2.75) is 60.8 Å². The first kappa shape index (κ1) is 17.2. The largest absolute Gasteiger partial charge is 0.223 e. The second kappa shape index (κ2) is 4.84. The van der Waals surface area contributed by atoms with Crippen LogP contribution >= 0.6 is 0 Å². The summed E-state index contributed by atoms with van der Waals surface area (Å²) in [5.41, 5.74) is 0. The van der Waals surface area contributed by atoms with Crippen LogP contribution in [-0.2, 0) is 19.7 Å². The third kappa shape index (κ3) is 2.91. The monoisotopic (exact) mass is 318 g/mol. The molecule has 0 saturated heterocycles. The topological polar surface area (TPSA) is 68.3 Å². The van der Waals surface area contributed by atoms with E-state index in [0.29, 0.717) is 0 Å². The van der Waals surface area contributed by atoms with Crippen molar-refractivity contribution >= 4 is 19.7 Å². The Kier molecular flexibility index (Phi) is 4.16. The molecule has 0 unspecified atom stereocenters. The predicted molar refractivity (Wildman–Crippen MR) is 80.3 cm³/mol. The van der Waals surface area contributed by atoms with Crippen molar-refractivity contribution in [3.05, 3.63) is 24.3 Å². The molecular weight excluding hydrogens is 296 g/mol. The highest BCUT2D eigenvalue weighted by Crippen LogP contribution is 2.30. The number of sulfone groups is 2. The molecule has 0 spiro atoms. The first-order valence-corrected chi connectivity index (χ1v) is 9.27. The van der Waals surface area contributed by atoms with E-state index in [9.17, 15) is 16.8 Å². The summed E-state index contributed by atoms with van der Waals surface area (Å²) in [6, 6.07) is 5.59. The highest BCUT2D eigenvalue weighted by atomic mass is 32.2. The Balaban J connectivity index is 3.53. The molecule has 0 heterocycles. The van der Waals surface area contributed by atoms with Crippen LogP contribution in [0.15, 0.2) is 34.1 Å². The fourth-order valence-corrected chi connectivity index (χ4v) is 4.08. The van der Waals surface area contributed by atoms with Gasteiger partial charge in [-0.15, -0.1) is 0 Å². The van der Waals surface area contributed by atoms with Gasteiger partial charge in [-0.3, -0.25) is 0 Å². The lowest BCUT2D eigenvalue weighted by Gasteiger charge is -2.22. The van der Waals surface area contributed by atoms with Crippen LogP contribution in [0.1, 0.15) is 41.5 Å². The van der Waals surface area contributed by atoms with Crippen LogP contribution < -0.4 is 0 Å². The molecule has 0 aliphatic heterocycles. The van der Waals surface area contributed by atoms with Gasteiger partial charge in [-0.25, -0.2) is 16.8 Å². The van der Waals surface area contributed by atoms with Crippen molar-refractivity contribution in [1.82, 2.24) is 0 Å². The summed E-state index contributed by atoms with van der Waals surface area (Å²) >= 11 is 0. The van der Waals surface area contributed by atoms with E-state index in [1.165, 1.54) is 24.3 Å². The van der Waals surface area contributed by atoms with E-state index in [2.05, 4.69) is 0 Å². The Morgan fingerprint density at radius 2 is 1.00 bits per heavy atom. The van der Waals surface area contributed by atoms with E-state index in [1.54, 1.807) is 41.5 Å². The zero-order chi connectivity index (χ0) is 16.0. The van der Waals surface area contributed by atoms with Gasteiger partial charge in [0.05, 0.1) is 19.3 Å². The van der Waals surface area contributed by atoms with Crippen LogP contribution in [0.3, 0.4) is 0 Å². The van der Waals surface area contributed by atoms with E-state index in [-0.39, 0.29) is 9.79 Å². The molecule has 0 N–H and O–H groups in total. The third-order valence-electron chi connectivity index (χ3n) is 3.04. The number of rotatable bonds is 2. The van der Waals surface area contributed by atoms with E-state index in [1.807, 2.05) is 0 Å². The molecule has 0 amide bonds. The second-order valence-electron chi connectivity index (χ2n) is 6.71. The summed E-state index contributed by atoms with van der Waals surface area (Å²) in [7, 11) is -7.14. The fourth-order valence-electron chi connectivity index (χ4n) is 1.52. The lowest BCUT2D eigenvalue weighted by molar-refractivity contribution is 0.557. The molecule has 4 nitrogen and oxygen atoms in total. The summed E-state index contributed by atoms with van der Waals surface area (Å²) in [6.45, 7) is 9.54. The molecule has 0 bridgehead atoms. The van der Waals surface area contributed by atoms with Crippen LogP contribution in [0, 0.1) is 0 Å². The van der Waals surface area contributed by atoms with Gasteiger partial charge in [0.2, 0.25) is 0 Å². The minimum atomic E-state index is -3.57. The van der Waals surface area contributed by atoms with Gasteiger partial charge in [-0.1, -0.05) is 6.07 Å². The number of hydrogen-bond acceptors (Lipinski definition) is 4. The molecule has 0 saturated carbocycles. The van der Waals surface area contributed by atoms with Gasteiger partial charge < -0.3 is 0 Å². The molecular formula is C14H22O4S2. The maximum Gasteiger partial charge on any atom is 0.183 e. The Morgan fingerprint density at radius 3 is 1.25 bits per heavy atom. The second-order valence-corrected chi connectivity index (χ2v) is 12.1. The van der Waals surface area contributed by atoms with Gasteiger partial charge >= 0.3 is 0 Å². The molecule has 1 aromatic rings. The van der Waals surface area contributed by atoms with Crippen molar-refractivity contribution in [2.24, 2.45) is 0 Å². The van der Waals surface area contributed by atoms with Gasteiger partial charge in [0.1, 0.15) is 0 Å². The normalized spacial score (nSPS) is 14.3. The third-order valence-corrected chi connectivity index (χ3v) is 8.01. The van der Waals surface area contributed by atoms with E-state index >= 15 is 0 Å². The maximum atomic E-state index is 12.4. The predicted octanol–water partition coefficient (Wildman–Crippen LogP) is 2.83. The molecule has 0 aliphatic carbocycles. The van der Waals surface area contributed by atoms with Crippen molar-refractivity contribution in [2.75, 3.05) is 0 Å². The van der Waals surface area contributed by atoms with E-state index in [0.717, 1.165) is 0 Å². The Morgan fingerprint density at radius 1 is 0.700 bits per heavy atom. The highest BCUT2D eigenvalue weighted by Gasteiger charge is 2.34. The van der Waals surface area contributed by atoms with Gasteiger partial charge in [-0.05, 0) is 59.7 Å². The van der Waals surface area contributed by atoms with Crippen molar-refractivity contribution < 1.29 is 16.8 Å². The molecule has 0 fully saturated rings. The Bertz CT molecular complexity index is 641. The Hall–Kier alpha value is -0.880. The van der Waals surface area contributed by atoms with E-state index < -0.39 is 29.2 Å². The Labute approximate surface area is 122 Å². The maximum absolute atomic E-state index is 12.4. The standard InChI is InChI=1S/C14H22O4S2/c1-13(2,3)19(15,16)11-8-7-9-12(10-11)20(17,18)14(4,5)6/h7-10H,1-6H3. The summed E-state index contributed by atoms with van der Waals surface area (Å²) in [5, 5.41) is 0.